The van der Waals surface area contributed by atoms with Gasteiger partial charge in [-0.05, 0) is 67.7 Å². The monoisotopic (exact) mass is 561 g/mol. The number of hydrogen-bond acceptors (Lipinski definition) is 5. The van der Waals surface area contributed by atoms with Crippen LogP contribution in [0.5, 0.6) is 5.75 Å². The zero-order valence-electron chi connectivity index (χ0n) is 21.3. The van der Waals surface area contributed by atoms with Crippen molar-refractivity contribution in [1.82, 2.24) is 0 Å². The minimum atomic E-state index is -4.84. The number of alkyl halides is 3. The molecule has 1 unspecified atom stereocenters. The molecule has 2 N–H and O–H groups in total. The van der Waals surface area contributed by atoms with Crippen molar-refractivity contribution < 1.29 is 41.7 Å². The van der Waals surface area contributed by atoms with Crippen LogP contribution >= 0.6 is 0 Å². The predicted molar refractivity (Wildman–Crippen MR) is 138 cm³/mol. The highest BCUT2D eigenvalue weighted by Gasteiger charge is 2.35. The largest absolute Gasteiger partial charge is 0.490 e. The molecule has 0 spiro atoms. The predicted octanol–water partition coefficient (Wildman–Crippen LogP) is 5.99. The van der Waals surface area contributed by atoms with Gasteiger partial charge in [0.1, 0.15) is 24.3 Å². The van der Waals surface area contributed by atoms with E-state index in [1.807, 2.05) is 6.08 Å². The average molecular weight is 562 g/mol. The highest BCUT2D eigenvalue weighted by Crippen LogP contribution is 2.38. The van der Waals surface area contributed by atoms with Gasteiger partial charge in [-0.2, -0.15) is 13.2 Å². The summed E-state index contributed by atoms with van der Waals surface area (Å²) in [6.45, 7) is 0.674. The third-order valence-electron chi connectivity index (χ3n) is 7.27. The van der Waals surface area contributed by atoms with Gasteiger partial charge < -0.3 is 19.9 Å². The first-order valence-electron chi connectivity index (χ1n) is 12.9. The summed E-state index contributed by atoms with van der Waals surface area (Å²) in [4.78, 5) is 29.9. The van der Waals surface area contributed by atoms with Crippen molar-refractivity contribution in [2.24, 2.45) is 10.9 Å². The number of carboxylic acids is 1. The van der Waals surface area contributed by atoms with Crippen LogP contribution in [0.15, 0.2) is 53.5 Å². The van der Waals surface area contributed by atoms with Crippen molar-refractivity contribution in [3.05, 3.63) is 65.5 Å². The summed E-state index contributed by atoms with van der Waals surface area (Å²) in [7, 11) is 0. The number of ether oxygens (including phenoxy) is 2. The summed E-state index contributed by atoms with van der Waals surface area (Å²) in [6.07, 6.45) is 1.33. The normalized spacial score (nSPS) is 22.6. The molecule has 40 heavy (non-hydrogen) atoms. The second-order valence-electron chi connectivity index (χ2n) is 9.92. The quantitative estimate of drug-likeness (QED) is 0.447. The number of urea groups is 1. The van der Waals surface area contributed by atoms with Gasteiger partial charge in [0.2, 0.25) is 5.90 Å². The third-order valence-corrected chi connectivity index (χ3v) is 7.27. The van der Waals surface area contributed by atoms with E-state index in [9.17, 15) is 27.2 Å². The molecule has 2 heterocycles. The number of benzene rings is 2. The Balaban J connectivity index is 1.23. The second kappa shape index (κ2) is 11.2. The number of amides is 2. The molecular weight excluding hydrogens is 534 g/mol. The van der Waals surface area contributed by atoms with E-state index in [-0.39, 0.29) is 31.1 Å². The lowest BCUT2D eigenvalue weighted by Gasteiger charge is -2.31. The molecule has 3 aliphatic rings. The molecule has 1 saturated carbocycles. The number of carboxylic acid groups (broad SMARTS) is 1. The highest BCUT2D eigenvalue weighted by molar-refractivity contribution is 6.03. The summed E-state index contributed by atoms with van der Waals surface area (Å²) in [5.74, 6) is -1.31. The number of fused-ring (bicyclic) bond motifs is 1. The molecule has 1 atom stereocenters. The Hall–Kier alpha value is -4.09. The van der Waals surface area contributed by atoms with E-state index >= 15 is 0 Å². The molecule has 5 rings (SSSR count). The summed E-state index contributed by atoms with van der Waals surface area (Å²) < 4.78 is 65.3. The number of anilines is 2. The Labute approximate surface area is 227 Å². The van der Waals surface area contributed by atoms with Crippen molar-refractivity contribution in [1.29, 1.82) is 0 Å². The van der Waals surface area contributed by atoms with Gasteiger partial charge in [0, 0.05) is 5.92 Å². The van der Waals surface area contributed by atoms with Crippen molar-refractivity contribution in [3.8, 4) is 5.75 Å². The molecule has 2 aliphatic heterocycles. The topological polar surface area (TPSA) is 100 Å². The van der Waals surface area contributed by atoms with Crippen molar-refractivity contribution in [2.45, 2.75) is 43.9 Å². The maximum Gasteiger partial charge on any atom is 0.418 e. The molecule has 0 bridgehead atoms. The van der Waals surface area contributed by atoms with E-state index in [0.717, 1.165) is 17.7 Å². The second-order valence-corrected chi connectivity index (χ2v) is 9.92. The first-order chi connectivity index (χ1) is 19.1. The molecule has 0 saturated heterocycles. The van der Waals surface area contributed by atoms with Crippen LogP contribution in [0, 0.1) is 11.7 Å². The molecule has 1 aliphatic carbocycles. The third kappa shape index (κ3) is 6.05. The summed E-state index contributed by atoms with van der Waals surface area (Å²) in [5, 5.41) is 11.4. The van der Waals surface area contributed by atoms with E-state index < -0.39 is 35.2 Å². The van der Waals surface area contributed by atoms with Crippen LogP contribution in [0.4, 0.5) is 33.7 Å². The number of halogens is 4. The van der Waals surface area contributed by atoms with E-state index in [4.69, 9.17) is 14.6 Å². The Morgan fingerprint density at radius 2 is 1.88 bits per heavy atom. The fourth-order valence-electron chi connectivity index (χ4n) is 5.11. The summed E-state index contributed by atoms with van der Waals surface area (Å²) >= 11 is 0. The van der Waals surface area contributed by atoms with E-state index in [0.29, 0.717) is 55.6 Å². The molecule has 12 heteroatoms. The summed E-state index contributed by atoms with van der Waals surface area (Å²) in [6, 6.07) is 6.53. The zero-order valence-corrected chi connectivity index (χ0v) is 21.3. The smallest absolute Gasteiger partial charge is 0.418 e. The van der Waals surface area contributed by atoms with Crippen molar-refractivity contribution >= 4 is 29.3 Å². The molecule has 212 valence electrons. The van der Waals surface area contributed by atoms with Crippen LogP contribution in [-0.2, 0) is 15.7 Å². The SMILES string of the molecule is O=C(O)C1CCC(OC2=NCC(c3ccc4c(c3)OCCN4C(=O)Nc3ccc(F)cc3C(F)(F)F)C=C2)CC1. The van der Waals surface area contributed by atoms with Crippen LogP contribution in [0.25, 0.3) is 0 Å². The van der Waals surface area contributed by atoms with Gasteiger partial charge in [-0.3, -0.25) is 14.7 Å². The minimum absolute atomic E-state index is 0.0630. The lowest BCUT2D eigenvalue weighted by Crippen LogP contribution is -2.41. The number of nitrogens with zero attached hydrogens (tertiary/aromatic N) is 2. The van der Waals surface area contributed by atoms with Crippen molar-refractivity contribution in [2.75, 3.05) is 29.9 Å². The number of dihydropyridines is 1. The van der Waals surface area contributed by atoms with E-state index in [2.05, 4.69) is 10.3 Å². The molecule has 0 aromatic heterocycles. The average Bonchev–Trinajstić information content (AvgIpc) is 2.93. The van der Waals surface area contributed by atoms with Gasteiger partial charge in [-0.15, -0.1) is 0 Å². The molecule has 2 amide bonds. The van der Waals surface area contributed by atoms with Gasteiger partial charge in [0.15, 0.2) is 0 Å². The number of aliphatic imine (C=N–C) groups is 1. The first kappa shape index (κ1) is 27.5. The zero-order chi connectivity index (χ0) is 28.4. The fourth-order valence-corrected chi connectivity index (χ4v) is 5.11. The molecular formula is C28H27F4N3O5. The molecule has 2 aromatic rings. The van der Waals surface area contributed by atoms with Gasteiger partial charge in [0.05, 0.1) is 35.9 Å². The Morgan fingerprint density at radius 3 is 2.55 bits per heavy atom. The van der Waals surface area contributed by atoms with Gasteiger partial charge in [-0.25, -0.2) is 9.18 Å². The van der Waals surface area contributed by atoms with Gasteiger partial charge in [0.25, 0.3) is 0 Å². The van der Waals surface area contributed by atoms with Gasteiger partial charge in [-0.1, -0.05) is 12.1 Å². The first-order valence-corrected chi connectivity index (χ1v) is 12.9. The molecule has 8 nitrogen and oxygen atoms in total. The number of rotatable bonds is 4. The maximum atomic E-state index is 13.4. The van der Waals surface area contributed by atoms with Crippen LogP contribution < -0.4 is 15.0 Å². The molecule has 0 radical (unpaired) electrons. The van der Waals surface area contributed by atoms with E-state index in [1.54, 1.807) is 24.3 Å². The molecule has 1 fully saturated rings. The Morgan fingerprint density at radius 1 is 1.10 bits per heavy atom. The Bertz CT molecular complexity index is 1350. The van der Waals surface area contributed by atoms with Crippen LogP contribution in [0.1, 0.15) is 42.7 Å². The standard InChI is InChI=1S/C28H27F4N3O5/c29-19-5-8-22(21(14-19)28(30,31)32)34-27(38)35-11-12-39-24-13-17(3-9-23(24)35)18-4-10-25(33-15-18)40-20-6-1-16(2-7-20)26(36)37/h3-5,8-10,13-14,16,18,20H,1-2,6-7,11-12,15H2,(H,34,38)(H,36,37). The van der Waals surface area contributed by atoms with Crippen LogP contribution in [0.2, 0.25) is 0 Å². The van der Waals surface area contributed by atoms with Crippen molar-refractivity contribution in [3.63, 3.8) is 0 Å². The lowest BCUT2D eigenvalue weighted by atomic mass is 9.87. The highest BCUT2D eigenvalue weighted by atomic mass is 19.4. The molecule has 2 aromatic carbocycles. The number of nitrogens with one attached hydrogen (secondary N) is 1. The fraction of sp³-hybridized carbons (Fsp3) is 0.393. The van der Waals surface area contributed by atoms with Gasteiger partial charge >= 0.3 is 18.2 Å². The number of carbonyl (C=O) groups excluding carboxylic acids is 1. The summed E-state index contributed by atoms with van der Waals surface area (Å²) in [5.41, 5.74) is -0.542. The van der Waals surface area contributed by atoms with E-state index in [1.165, 1.54) is 4.90 Å². The Kier molecular flexibility index (Phi) is 7.68. The van der Waals surface area contributed by atoms with Crippen LogP contribution in [0.3, 0.4) is 0 Å². The van der Waals surface area contributed by atoms with Crippen LogP contribution in [-0.4, -0.2) is 48.8 Å². The number of carbonyl (C=O) groups is 2. The number of hydrogen-bond donors (Lipinski definition) is 2. The minimum Gasteiger partial charge on any atom is -0.490 e. The maximum absolute atomic E-state index is 13.4. The number of aliphatic carboxylic acids is 1. The lowest BCUT2D eigenvalue weighted by molar-refractivity contribution is -0.143.